The Hall–Kier alpha value is -2.38. The van der Waals surface area contributed by atoms with E-state index in [4.69, 9.17) is 11.6 Å². The Kier molecular flexibility index (Phi) is 3.14. The summed E-state index contributed by atoms with van der Waals surface area (Å²) in [4.78, 5) is 25.1. The molecule has 0 radical (unpaired) electrons. The largest absolute Gasteiger partial charge is 0.351 e. The van der Waals surface area contributed by atoms with E-state index in [0.29, 0.717) is 27.6 Å². The Morgan fingerprint density at radius 2 is 1.91 bits per heavy atom. The minimum Gasteiger partial charge on any atom is -0.271 e. The van der Waals surface area contributed by atoms with Crippen molar-refractivity contribution in [1.82, 2.24) is 18.7 Å². The van der Waals surface area contributed by atoms with E-state index >= 15 is 0 Å². The Balaban J connectivity index is 2.06. The lowest BCUT2D eigenvalue weighted by Crippen LogP contribution is -2.25. The number of rotatable bonds is 2. The molecule has 116 valence electrons. The highest BCUT2D eigenvalue weighted by Gasteiger charge is 2.17. The summed E-state index contributed by atoms with van der Waals surface area (Å²) in [7, 11) is 1.57. The van der Waals surface area contributed by atoms with Gasteiger partial charge < -0.3 is 0 Å². The number of halogens is 1. The molecule has 3 aromatic heterocycles. The smallest absolute Gasteiger partial charge is 0.271 e. The van der Waals surface area contributed by atoms with Crippen LogP contribution >= 0.6 is 22.9 Å². The van der Waals surface area contributed by atoms with E-state index < -0.39 is 0 Å². The van der Waals surface area contributed by atoms with Crippen LogP contribution < -0.4 is 11.2 Å². The molecule has 6 nitrogen and oxygen atoms in total. The molecule has 0 saturated carbocycles. The topological polar surface area (TPSA) is 61.3 Å². The fourth-order valence-corrected chi connectivity index (χ4v) is 3.55. The first-order valence-corrected chi connectivity index (χ1v) is 8.12. The molecule has 1 aromatic carbocycles. The van der Waals surface area contributed by atoms with Crippen LogP contribution in [0.5, 0.6) is 0 Å². The van der Waals surface area contributed by atoms with Gasteiger partial charge in [-0.05, 0) is 29.1 Å². The Bertz CT molecular complexity index is 1150. The average Bonchev–Trinajstić information content (AvgIpc) is 3.11. The maximum absolute atomic E-state index is 12.8. The van der Waals surface area contributed by atoms with E-state index in [1.807, 2.05) is 12.1 Å². The molecule has 0 N–H and O–H groups in total. The zero-order chi connectivity index (χ0) is 16.1. The molecule has 23 heavy (non-hydrogen) atoms. The van der Waals surface area contributed by atoms with Gasteiger partial charge in [-0.3, -0.25) is 9.36 Å². The summed E-state index contributed by atoms with van der Waals surface area (Å²) in [6.45, 7) is 0.323. The highest BCUT2D eigenvalue weighted by molar-refractivity contribution is 7.17. The van der Waals surface area contributed by atoms with Gasteiger partial charge in [0.15, 0.2) is 0 Å². The molecule has 0 bridgehead atoms. The van der Waals surface area contributed by atoms with Crippen LogP contribution in [0.25, 0.3) is 16.0 Å². The second kappa shape index (κ2) is 5.07. The first kappa shape index (κ1) is 14.2. The SMILES string of the molecule is Cn1nc2n(Cc3ccc(Cl)cc3)c(=O)c3sccc3n2c1=O. The predicted octanol–water partition coefficient (Wildman–Crippen LogP) is 2.11. The maximum atomic E-state index is 12.8. The number of hydrogen-bond acceptors (Lipinski definition) is 4. The summed E-state index contributed by atoms with van der Waals surface area (Å²) < 4.78 is 4.78. The molecule has 8 heteroatoms. The molecule has 4 aromatic rings. The monoisotopic (exact) mass is 346 g/mol. The number of aromatic nitrogens is 4. The first-order valence-electron chi connectivity index (χ1n) is 6.86. The predicted molar refractivity (Wildman–Crippen MR) is 90.6 cm³/mol. The zero-order valence-electron chi connectivity index (χ0n) is 12.1. The van der Waals surface area contributed by atoms with Crippen LogP contribution in [0.1, 0.15) is 5.56 Å². The highest BCUT2D eigenvalue weighted by atomic mass is 35.5. The number of aryl methyl sites for hydroxylation is 1. The van der Waals surface area contributed by atoms with Crippen LogP contribution in [0.2, 0.25) is 5.02 Å². The van der Waals surface area contributed by atoms with Gasteiger partial charge in [0.05, 0.1) is 12.1 Å². The van der Waals surface area contributed by atoms with Crippen LogP contribution in [0.4, 0.5) is 0 Å². The Morgan fingerprint density at radius 1 is 1.17 bits per heavy atom. The summed E-state index contributed by atoms with van der Waals surface area (Å²) in [5.41, 5.74) is 1.09. The molecule has 0 aliphatic heterocycles. The Labute approximate surface area is 138 Å². The molecular formula is C15H11ClN4O2S. The molecule has 0 unspecified atom stereocenters. The van der Waals surface area contributed by atoms with Gasteiger partial charge in [0.1, 0.15) is 4.70 Å². The number of thiophene rings is 1. The van der Waals surface area contributed by atoms with Crippen molar-refractivity contribution < 1.29 is 0 Å². The third-order valence-electron chi connectivity index (χ3n) is 3.73. The number of hydrogen-bond donors (Lipinski definition) is 0. The van der Waals surface area contributed by atoms with E-state index in [-0.39, 0.29) is 11.2 Å². The second-order valence-corrected chi connectivity index (χ2v) is 6.55. The fourth-order valence-electron chi connectivity index (χ4n) is 2.60. The van der Waals surface area contributed by atoms with Crippen molar-refractivity contribution in [3.05, 3.63) is 67.1 Å². The summed E-state index contributed by atoms with van der Waals surface area (Å²) in [6, 6.07) is 9.01. The third-order valence-corrected chi connectivity index (χ3v) is 4.87. The lowest BCUT2D eigenvalue weighted by molar-refractivity contribution is 0.720. The van der Waals surface area contributed by atoms with Crippen LogP contribution in [-0.2, 0) is 13.6 Å². The fraction of sp³-hybridized carbons (Fsp3) is 0.133. The van der Waals surface area contributed by atoms with Gasteiger partial charge in [-0.2, -0.15) is 0 Å². The van der Waals surface area contributed by atoms with Crippen LogP contribution in [0.3, 0.4) is 0 Å². The van der Waals surface area contributed by atoms with Crippen molar-refractivity contribution in [3.63, 3.8) is 0 Å². The second-order valence-electron chi connectivity index (χ2n) is 5.19. The molecule has 0 spiro atoms. The highest BCUT2D eigenvalue weighted by Crippen LogP contribution is 2.18. The minimum absolute atomic E-state index is 0.150. The third kappa shape index (κ3) is 2.12. The van der Waals surface area contributed by atoms with Gasteiger partial charge in [0, 0.05) is 12.1 Å². The van der Waals surface area contributed by atoms with Gasteiger partial charge in [-0.1, -0.05) is 23.7 Å². The van der Waals surface area contributed by atoms with Crippen molar-refractivity contribution in [1.29, 1.82) is 0 Å². The molecule has 0 atom stereocenters. The van der Waals surface area contributed by atoms with Crippen LogP contribution in [0.15, 0.2) is 45.3 Å². The van der Waals surface area contributed by atoms with Gasteiger partial charge in [-0.15, -0.1) is 16.4 Å². The van der Waals surface area contributed by atoms with Gasteiger partial charge in [-0.25, -0.2) is 13.9 Å². The summed E-state index contributed by atoms with van der Waals surface area (Å²) >= 11 is 7.22. The van der Waals surface area contributed by atoms with Crippen LogP contribution in [0, 0.1) is 0 Å². The minimum atomic E-state index is -0.270. The molecular weight excluding hydrogens is 336 g/mol. The van der Waals surface area contributed by atoms with E-state index in [1.54, 1.807) is 30.6 Å². The van der Waals surface area contributed by atoms with Crippen molar-refractivity contribution in [3.8, 4) is 0 Å². The molecule has 0 aliphatic carbocycles. The van der Waals surface area contributed by atoms with Crippen molar-refractivity contribution in [2.75, 3.05) is 0 Å². The van der Waals surface area contributed by atoms with Crippen molar-refractivity contribution >= 4 is 38.9 Å². The zero-order valence-corrected chi connectivity index (χ0v) is 13.6. The lowest BCUT2D eigenvalue weighted by Gasteiger charge is -2.08. The van der Waals surface area contributed by atoms with Gasteiger partial charge in [0.25, 0.3) is 5.56 Å². The number of benzene rings is 1. The van der Waals surface area contributed by atoms with E-state index in [1.165, 1.54) is 25.0 Å². The van der Waals surface area contributed by atoms with E-state index in [2.05, 4.69) is 5.10 Å². The van der Waals surface area contributed by atoms with Crippen molar-refractivity contribution in [2.45, 2.75) is 6.54 Å². The molecule has 0 fully saturated rings. The standard InChI is InChI=1S/C15H11ClN4O2S/c1-18-15(22)20-11-6-7-23-12(11)13(21)19(14(20)17-18)8-9-2-4-10(16)5-3-9/h2-7H,8H2,1H3. The molecule has 0 saturated heterocycles. The normalized spacial score (nSPS) is 11.6. The van der Waals surface area contributed by atoms with Gasteiger partial charge in [0.2, 0.25) is 5.78 Å². The quantitative estimate of drug-likeness (QED) is 0.558. The summed E-state index contributed by atoms with van der Waals surface area (Å²) in [6.07, 6.45) is 0. The van der Waals surface area contributed by atoms with E-state index in [9.17, 15) is 9.59 Å². The molecule has 0 amide bonds. The average molecular weight is 347 g/mol. The number of fused-ring (bicyclic) bond motifs is 3. The maximum Gasteiger partial charge on any atom is 0.351 e. The van der Waals surface area contributed by atoms with Gasteiger partial charge >= 0.3 is 5.69 Å². The molecule has 4 rings (SSSR count). The summed E-state index contributed by atoms with van der Waals surface area (Å²) in [5.74, 6) is 0.336. The van der Waals surface area contributed by atoms with E-state index in [0.717, 1.165) is 5.56 Å². The lowest BCUT2D eigenvalue weighted by atomic mass is 10.2. The Morgan fingerprint density at radius 3 is 2.65 bits per heavy atom. The number of nitrogens with zero attached hydrogens (tertiary/aromatic N) is 4. The van der Waals surface area contributed by atoms with Crippen molar-refractivity contribution in [2.24, 2.45) is 7.05 Å². The molecule has 3 heterocycles. The summed E-state index contributed by atoms with van der Waals surface area (Å²) in [5, 5.41) is 6.66. The van der Waals surface area contributed by atoms with Crippen LogP contribution in [-0.4, -0.2) is 18.7 Å². The molecule has 0 aliphatic rings. The first-order chi connectivity index (χ1) is 11.1.